The summed E-state index contributed by atoms with van der Waals surface area (Å²) >= 11 is 0. The fourth-order valence-electron chi connectivity index (χ4n) is 3.36. The number of nitrogens with one attached hydrogen (secondary N) is 3. The smallest absolute Gasteiger partial charge is 0.257 e. The van der Waals surface area contributed by atoms with Gasteiger partial charge in [-0.2, -0.15) is 5.26 Å². The number of anilines is 4. The number of carbonyl (C=O) groups is 1. The first kappa shape index (κ1) is 20.3. The first-order valence-electron chi connectivity index (χ1n) is 9.20. The molecule has 31 heavy (non-hydrogen) atoms. The van der Waals surface area contributed by atoms with E-state index in [1.54, 1.807) is 36.4 Å². The molecular weight excluding hydrogens is 416 g/mol. The van der Waals surface area contributed by atoms with Crippen LogP contribution in [0.5, 0.6) is 5.75 Å². The van der Waals surface area contributed by atoms with Crippen molar-refractivity contribution in [2.45, 2.75) is 0 Å². The molecule has 1 amide bonds. The molecule has 0 atom stereocenters. The molecule has 8 nitrogen and oxygen atoms in total. The first-order valence-corrected chi connectivity index (χ1v) is 11.1. The Kier molecular flexibility index (Phi) is 5.01. The summed E-state index contributed by atoms with van der Waals surface area (Å²) in [4.78, 5) is 12.8. The lowest BCUT2D eigenvalue weighted by Crippen LogP contribution is -2.12. The standard InChI is InChI=1S/C22H18N4O4S/c1-30-21-10-14(3-4-15(21)12-23)13-5-7-17-19(9-13)24-18-8-6-16(26-31(2,28)29)11-20(18)25-22(17)27/h3-11,24,26H,1-2H3,(H,25,27). The van der Waals surface area contributed by atoms with Crippen LogP contribution in [0.4, 0.5) is 22.7 Å². The zero-order valence-electron chi connectivity index (χ0n) is 16.7. The summed E-state index contributed by atoms with van der Waals surface area (Å²) in [5.41, 5.74) is 4.57. The van der Waals surface area contributed by atoms with E-state index in [4.69, 9.17) is 4.74 Å². The molecule has 1 aliphatic heterocycles. The van der Waals surface area contributed by atoms with Gasteiger partial charge in [-0.25, -0.2) is 8.42 Å². The summed E-state index contributed by atoms with van der Waals surface area (Å²) < 4.78 is 30.7. The molecule has 3 aromatic carbocycles. The third-order valence-corrected chi connectivity index (χ3v) is 5.37. The number of sulfonamides is 1. The van der Waals surface area contributed by atoms with E-state index >= 15 is 0 Å². The summed E-state index contributed by atoms with van der Waals surface area (Å²) in [6.45, 7) is 0. The number of fused-ring (bicyclic) bond motifs is 2. The Morgan fingerprint density at radius 3 is 2.39 bits per heavy atom. The van der Waals surface area contributed by atoms with E-state index < -0.39 is 10.0 Å². The third kappa shape index (κ3) is 4.15. The molecule has 156 valence electrons. The van der Waals surface area contributed by atoms with Crippen molar-refractivity contribution in [3.8, 4) is 22.9 Å². The van der Waals surface area contributed by atoms with Crippen LogP contribution < -0.4 is 20.1 Å². The summed E-state index contributed by atoms with van der Waals surface area (Å²) in [6, 6.07) is 17.6. The molecule has 4 rings (SSSR count). The van der Waals surface area contributed by atoms with Gasteiger partial charge in [0.15, 0.2) is 0 Å². The Hall–Kier alpha value is -4.03. The van der Waals surface area contributed by atoms with Crippen LogP contribution in [0.1, 0.15) is 15.9 Å². The van der Waals surface area contributed by atoms with E-state index in [-0.39, 0.29) is 5.91 Å². The lowest BCUT2D eigenvalue weighted by Gasteiger charge is -2.12. The number of nitrogens with zero attached hydrogens (tertiary/aromatic N) is 1. The fourth-order valence-corrected chi connectivity index (χ4v) is 3.91. The van der Waals surface area contributed by atoms with E-state index in [0.717, 1.165) is 17.4 Å². The van der Waals surface area contributed by atoms with Gasteiger partial charge < -0.3 is 15.4 Å². The quantitative estimate of drug-likeness (QED) is 0.573. The van der Waals surface area contributed by atoms with E-state index in [2.05, 4.69) is 21.4 Å². The van der Waals surface area contributed by atoms with Crippen molar-refractivity contribution in [1.29, 1.82) is 5.26 Å². The minimum atomic E-state index is -3.44. The van der Waals surface area contributed by atoms with Crippen LogP contribution in [0.3, 0.4) is 0 Å². The van der Waals surface area contributed by atoms with Crippen molar-refractivity contribution in [3.05, 3.63) is 65.7 Å². The molecule has 1 heterocycles. The van der Waals surface area contributed by atoms with Crippen molar-refractivity contribution < 1.29 is 17.9 Å². The highest BCUT2D eigenvalue weighted by Crippen LogP contribution is 2.36. The fraction of sp³-hybridized carbons (Fsp3) is 0.0909. The van der Waals surface area contributed by atoms with Crippen LogP contribution in [0, 0.1) is 11.3 Å². The molecule has 9 heteroatoms. The highest BCUT2D eigenvalue weighted by Gasteiger charge is 2.20. The van der Waals surface area contributed by atoms with Gasteiger partial charge >= 0.3 is 0 Å². The van der Waals surface area contributed by atoms with Gasteiger partial charge in [0.2, 0.25) is 10.0 Å². The lowest BCUT2D eigenvalue weighted by molar-refractivity contribution is 0.102. The number of rotatable bonds is 4. The summed E-state index contributed by atoms with van der Waals surface area (Å²) in [7, 11) is -1.93. The predicted molar refractivity (Wildman–Crippen MR) is 119 cm³/mol. The highest BCUT2D eigenvalue weighted by atomic mass is 32.2. The van der Waals surface area contributed by atoms with Gasteiger partial charge in [0.1, 0.15) is 11.8 Å². The summed E-state index contributed by atoms with van der Waals surface area (Å²) in [5, 5.41) is 15.2. The first-order chi connectivity index (χ1) is 14.8. The van der Waals surface area contributed by atoms with Gasteiger partial charge in [-0.15, -0.1) is 0 Å². The van der Waals surface area contributed by atoms with Crippen molar-refractivity contribution in [2.75, 3.05) is 28.7 Å². The summed E-state index contributed by atoms with van der Waals surface area (Å²) in [6.07, 6.45) is 1.06. The molecule has 1 aliphatic rings. The van der Waals surface area contributed by atoms with Crippen molar-refractivity contribution in [3.63, 3.8) is 0 Å². The van der Waals surface area contributed by atoms with Crippen LogP contribution in [-0.4, -0.2) is 27.7 Å². The molecule has 0 aliphatic carbocycles. The SMILES string of the molecule is COc1cc(-c2ccc3c(c2)Nc2ccc(NS(C)(=O)=O)cc2NC3=O)ccc1C#N. The van der Waals surface area contributed by atoms with E-state index in [9.17, 15) is 18.5 Å². The average molecular weight is 434 g/mol. The third-order valence-electron chi connectivity index (χ3n) is 4.76. The number of benzene rings is 3. The minimum absolute atomic E-state index is 0.318. The molecule has 0 unspecified atom stereocenters. The molecule has 0 spiro atoms. The molecule has 0 saturated heterocycles. The predicted octanol–water partition coefficient (Wildman–Crippen LogP) is 3.91. The second kappa shape index (κ2) is 7.66. The maximum absolute atomic E-state index is 12.8. The molecular formula is C22H18N4O4S. The molecule has 0 aromatic heterocycles. The number of nitriles is 1. The van der Waals surface area contributed by atoms with Crippen LogP contribution in [0.2, 0.25) is 0 Å². The molecule has 3 N–H and O–H groups in total. The zero-order chi connectivity index (χ0) is 22.2. The van der Waals surface area contributed by atoms with Crippen molar-refractivity contribution in [1.82, 2.24) is 0 Å². The van der Waals surface area contributed by atoms with Gasteiger partial charge in [-0.3, -0.25) is 9.52 Å². The number of hydrogen-bond acceptors (Lipinski definition) is 6. The van der Waals surface area contributed by atoms with Crippen molar-refractivity contribution in [2.24, 2.45) is 0 Å². The van der Waals surface area contributed by atoms with Crippen LogP contribution in [0.25, 0.3) is 11.1 Å². The maximum Gasteiger partial charge on any atom is 0.257 e. The van der Waals surface area contributed by atoms with Gasteiger partial charge in [-0.05, 0) is 53.6 Å². The van der Waals surface area contributed by atoms with Gasteiger partial charge in [-0.1, -0.05) is 12.1 Å². The topological polar surface area (TPSA) is 120 Å². The highest BCUT2D eigenvalue weighted by molar-refractivity contribution is 7.92. The average Bonchev–Trinajstić information content (AvgIpc) is 2.87. The normalized spacial score (nSPS) is 12.4. The van der Waals surface area contributed by atoms with E-state index in [0.29, 0.717) is 39.6 Å². The van der Waals surface area contributed by atoms with Crippen molar-refractivity contribution >= 4 is 38.7 Å². The number of amides is 1. The second-order valence-corrected chi connectivity index (χ2v) is 8.75. The zero-order valence-corrected chi connectivity index (χ0v) is 17.5. The number of hydrogen-bond donors (Lipinski definition) is 3. The Morgan fingerprint density at radius 1 is 0.935 bits per heavy atom. The Bertz CT molecular complexity index is 1360. The maximum atomic E-state index is 12.8. The van der Waals surface area contributed by atoms with E-state index in [1.807, 2.05) is 18.2 Å². The lowest BCUT2D eigenvalue weighted by atomic mass is 10.0. The Morgan fingerprint density at radius 2 is 1.68 bits per heavy atom. The number of methoxy groups -OCH3 is 1. The monoisotopic (exact) mass is 434 g/mol. The number of carbonyl (C=O) groups excluding carboxylic acids is 1. The summed E-state index contributed by atoms with van der Waals surface area (Å²) in [5.74, 6) is 0.151. The number of ether oxygens (including phenoxy) is 1. The van der Waals surface area contributed by atoms with Gasteiger partial charge in [0.05, 0.1) is 47.2 Å². The molecule has 0 saturated carbocycles. The molecule has 0 radical (unpaired) electrons. The minimum Gasteiger partial charge on any atom is -0.495 e. The van der Waals surface area contributed by atoms with Crippen LogP contribution in [0.15, 0.2) is 54.6 Å². The molecule has 3 aromatic rings. The molecule has 0 bridgehead atoms. The van der Waals surface area contributed by atoms with Gasteiger partial charge in [0, 0.05) is 0 Å². The Labute approximate surface area is 179 Å². The van der Waals surface area contributed by atoms with Crippen LogP contribution >= 0.6 is 0 Å². The second-order valence-electron chi connectivity index (χ2n) is 7.00. The van der Waals surface area contributed by atoms with Gasteiger partial charge in [0.25, 0.3) is 5.91 Å². The molecule has 0 fully saturated rings. The van der Waals surface area contributed by atoms with Crippen LogP contribution in [-0.2, 0) is 10.0 Å². The van der Waals surface area contributed by atoms with E-state index in [1.165, 1.54) is 7.11 Å². The Balaban J connectivity index is 1.73. The largest absolute Gasteiger partial charge is 0.495 e.